The molecule has 1 amide bonds. The van der Waals surface area contributed by atoms with E-state index in [9.17, 15) is 4.79 Å². The first kappa shape index (κ1) is 26.9. The number of benzene rings is 4. The van der Waals surface area contributed by atoms with Crippen molar-refractivity contribution < 1.29 is 4.79 Å². The summed E-state index contributed by atoms with van der Waals surface area (Å²) in [5, 5.41) is 0. The van der Waals surface area contributed by atoms with Gasteiger partial charge in [0.25, 0.3) is 5.91 Å². The fourth-order valence-corrected chi connectivity index (χ4v) is 8.08. The molecule has 4 aromatic carbocycles. The number of fused-ring (bicyclic) bond motifs is 3. The topological polar surface area (TPSA) is 23.6 Å². The molecule has 3 nitrogen and oxygen atoms in total. The van der Waals surface area contributed by atoms with Crippen molar-refractivity contribution in [2.45, 2.75) is 38.1 Å². The number of amides is 1. The zero-order valence-electron chi connectivity index (χ0n) is 23.6. The number of hydrogen-bond donors (Lipinski definition) is 0. The van der Waals surface area contributed by atoms with Crippen LogP contribution in [0.1, 0.15) is 59.9 Å². The van der Waals surface area contributed by atoms with Crippen LogP contribution < -0.4 is 4.90 Å². The molecule has 208 valence electrons. The quantitative estimate of drug-likeness (QED) is 0.128. The number of likely N-dealkylation sites (N-methyl/N-ethyl adjacent to an activating group) is 1. The first-order chi connectivity index (χ1) is 20.6. The minimum atomic E-state index is 0.0187. The van der Waals surface area contributed by atoms with Crippen LogP contribution in [0.4, 0.5) is 11.4 Å². The Morgan fingerprint density at radius 3 is 2.19 bits per heavy atom. The fourth-order valence-electron chi connectivity index (χ4n) is 6.69. The van der Waals surface area contributed by atoms with Crippen molar-refractivity contribution >= 4 is 63.3 Å². The Labute approximate surface area is 257 Å². The van der Waals surface area contributed by atoms with Gasteiger partial charge in [-0.05, 0) is 89.6 Å². The van der Waals surface area contributed by atoms with E-state index in [0.717, 1.165) is 5.56 Å². The van der Waals surface area contributed by atoms with Crippen LogP contribution in [-0.4, -0.2) is 27.7 Å². The summed E-state index contributed by atoms with van der Waals surface area (Å²) < 4.78 is 0.648. The van der Waals surface area contributed by atoms with E-state index in [4.69, 9.17) is 12.2 Å². The molecule has 1 aliphatic carbocycles. The molecule has 7 rings (SSSR count). The molecule has 3 aliphatic rings. The van der Waals surface area contributed by atoms with E-state index in [1.54, 1.807) is 4.90 Å². The molecule has 0 N–H and O–H groups in total. The lowest BCUT2D eigenvalue weighted by molar-refractivity contribution is -0.121. The summed E-state index contributed by atoms with van der Waals surface area (Å²) in [6.45, 7) is 2.57. The second-order valence-corrected chi connectivity index (χ2v) is 12.8. The third-order valence-corrected chi connectivity index (χ3v) is 10.0. The maximum atomic E-state index is 12.8. The normalized spacial score (nSPS) is 20.3. The predicted molar refractivity (Wildman–Crippen MR) is 181 cm³/mol. The van der Waals surface area contributed by atoms with Gasteiger partial charge in [-0.15, -0.1) is 0 Å². The van der Waals surface area contributed by atoms with E-state index in [1.807, 2.05) is 13.0 Å². The van der Waals surface area contributed by atoms with Gasteiger partial charge in [-0.3, -0.25) is 9.69 Å². The van der Waals surface area contributed by atoms with Crippen LogP contribution in [0.5, 0.6) is 0 Å². The molecule has 2 heterocycles. The monoisotopic (exact) mass is 584 g/mol. The SMILES string of the molecule is CCN1C(=O)C(=Cc2ccc3c(c2)C2CCCC2N3c2ccc(C=C(c3ccccc3)c3ccccc3)cc2)SC1=S. The number of carbonyl (C=O) groups excluding carboxylic acids is 1. The molecule has 1 saturated carbocycles. The number of thiocarbonyl (C=S) groups is 1. The number of anilines is 2. The molecule has 2 atom stereocenters. The van der Waals surface area contributed by atoms with E-state index in [0.29, 0.717) is 27.7 Å². The number of nitrogens with zero attached hydrogens (tertiary/aromatic N) is 2. The van der Waals surface area contributed by atoms with Gasteiger partial charge in [0.15, 0.2) is 0 Å². The Bertz CT molecular complexity index is 1670. The van der Waals surface area contributed by atoms with Gasteiger partial charge in [-0.1, -0.05) is 109 Å². The molecule has 2 aliphatic heterocycles. The van der Waals surface area contributed by atoms with Crippen LogP contribution in [-0.2, 0) is 4.79 Å². The molecule has 0 spiro atoms. The Hall–Kier alpha value is -3.93. The standard InChI is InChI=1S/C37H32N2OS2/c1-2-38-36(40)35(42-37(38)41)24-26-18-21-34-32(23-26)30-14-9-15-33(30)39(34)29-19-16-25(17-20-29)22-31(27-10-5-3-6-11-27)28-12-7-4-8-13-28/h3-8,10-13,16-24,30,33H,2,9,14-15H2,1H3. The maximum Gasteiger partial charge on any atom is 0.266 e. The average Bonchev–Trinajstić information content (AvgIpc) is 3.70. The summed E-state index contributed by atoms with van der Waals surface area (Å²) in [5.74, 6) is 0.533. The van der Waals surface area contributed by atoms with Crippen LogP contribution in [0.3, 0.4) is 0 Å². The van der Waals surface area contributed by atoms with E-state index in [1.165, 1.54) is 70.2 Å². The molecular formula is C37H32N2OS2. The molecule has 2 fully saturated rings. The molecule has 2 unspecified atom stereocenters. The lowest BCUT2D eigenvalue weighted by Crippen LogP contribution is -2.27. The third kappa shape index (κ3) is 4.91. The average molecular weight is 585 g/mol. The van der Waals surface area contributed by atoms with Crippen LogP contribution in [0.25, 0.3) is 17.7 Å². The Morgan fingerprint density at radius 1 is 0.881 bits per heavy atom. The first-order valence-corrected chi connectivity index (χ1v) is 15.9. The highest BCUT2D eigenvalue weighted by Crippen LogP contribution is 2.52. The van der Waals surface area contributed by atoms with E-state index in [2.05, 4.69) is 114 Å². The predicted octanol–water partition coefficient (Wildman–Crippen LogP) is 9.28. The van der Waals surface area contributed by atoms with Crippen LogP contribution >= 0.6 is 24.0 Å². The summed E-state index contributed by atoms with van der Waals surface area (Å²) in [6, 6.07) is 37.4. The number of carbonyl (C=O) groups is 1. The summed E-state index contributed by atoms with van der Waals surface area (Å²) in [5.41, 5.74) is 9.83. The Balaban J connectivity index is 1.20. The number of thioether (sulfide) groups is 1. The molecule has 5 heteroatoms. The summed E-state index contributed by atoms with van der Waals surface area (Å²) in [6.07, 6.45) is 7.94. The third-order valence-electron chi connectivity index (χ3n) is 8.66. The second-order valence-electron chi connectivity index (χ2n) is 11.1. The van der Waals surface area contributed by atoms with Gasteiger partial charge in [0.1, 0.15) is 4.32 Å². The molecule has 1 saturated heterocycles. The van der Waals surface area contributed by atoms with Crippen molar-refractivity contribution in [1.82, 2.24) is 4.90 Å². The van der Waals surface area contributed by atoms with Crippen molar-refractivity contribution in [3.05, 3.63) is 136 Å². The molecule has 0 radical (unpaired) electrons. The lowest BCUT2D eigenvalue weighted by atomic mass is 9.95. The smallest absolute Gasteiger partial charge is 0.266 e. The highest BCUT2D eigenvalue weighted by molar-refractivity contribution is 8.26. The van der Waals surface area contributed by atoms with E-state index in [-0.39, 0.29) is 5.91 Å². The number of rotatable bonds is 6. The van der Waals surface area contributed by atoms with Gasteiger partial charge in [-0.25, -0.2) is 0 Å². The molecular weight excluding hydrogens is 553 g/mol. The maximum absolute atomic E-state index is 12.8. The molecule has 0 aromatic heterocycles. The van der Waals surface area contributed by atoms with Crippen LogP contribution in [0.15, 0.2) is 108 Å². The van der Waals surface area contributed by atoms with Crippen molar-refractivity contribution in [3.8, 4) is 0 Å². The van der Waals surface area contributed by atoms with Crippen molar-refractivity contribution in [2.24, 2.45) is 0 Å². The molecule has 4 aromatic rings. The summed E-state index contributed by atoms with van der Waals surface area (Å²) in [7, 11) is 0. The van der Waals surface area contributed by atoms with Crippen molar-refractivity contribution in [1.29, 1.82) is 0 Å². The van der Waals surface area contributed by atoms with Crippen molar-refractivity contribution in [2.75, 3.05) is 11.4 Å². The van der Waals surface area contributed by atoms with Crippen LogP contribution in [0.2, 0.25) is 0 Å². The largest absolute Gasteiger partial charge is 0.338 e. The fraction of sp³-hybridized carbons (Fsp3) is 0.189. The first-order valence-electron chi connectivity index (χ1n) is 14.7. The van der Waals surface area contributed by atoms with Crippen LogP contribution in [0, 0.1) is 0 Å². The summed E-state index contributed by atoms with van der Waals surface area (Å²) >= 11 is 6.83. The van der Waals surface area contributed by atoms with Gasteiger partial charge in [0.05, 0.1) is 4.91 Å². The Morgan fingerprint density at radius 2 is 1.55 bits per heavy atom. The summed E-state index contributed by atoms with van der Waals surface area (Å²) in [4.78, 5) is 17.7. The van der Waals surface area contributed by atoms with E-state index < -0.39 is 0 Å². The van der Waals surface area contributed by atoms with Gasteiger partial charge in [0, 0.05) is 29.9 Å². The van der Waals surface area contributed by atoms with E-state index >= 15 is 0 Å². The van der Waals surface area contributed by atoms with Crippen molar-refractivity contribution in [3.63, 3.8) is 0 Å². The highest BCUT2D eigenvalue weighted by atomic mass is 32.2. The second kappa shape index (κ2) is 11.4. The van der Waals surface area contributed by atoms with Gasteiger partial charge < -0.3 is 4.90 Å². The minimum absolute atomic E-state index is 0.0187. The van der Waals surface area contributed by atoms with Gasteiger partial charge in [-0.2, -0.15) is 0 Å². The lowest BCUT2D eigenvalue weighted by Gasteiger charge is -2.27. The number of hydrogen-bond acceptors (Lipinski definition) is 4. The van der Waals surface area contributed by atoms with Gasteiger partial charge >= 0.3 is 0 Å². The minimum Gasteiger partial charge on any atom is -0.338 e. The van der Waals surface area contributed by atoms with Gasteiger partial charge in [0.2, 0.25) is 0 Å². The zero-order valence-corrected chi connectivity index (χ0v) is 25.2. The molecule has 0 bridgehead atoms. The molecule has 42 heavy (non-hydrogen) atoms. The zero-order chi connectivity index (χ0) is 28.6. The Kier molecular flexibility index (Phi) is 7.31. The highest BCUT2D eigenvalue weighted by Gasteiger charge is 2.42.